The first-order valence-electron chi connectivity index (χ1n) is 10.3. The predicted octanol–water partition coefficient (Wildman–Crippen LogP) is 5.40. The van der Waals surface area contributed by atoms with Crippen LogP contribution in [0.25, 0.3) is 11.1 Å². The van der Waals surface area contributed by atoms with Gasteiger partial charge in [0.2, 0.25) is 0 Å². The smallest absolute Gasteiger partial charge is 0.416 e. The van der Waals surface area contributed by atoms with Crippen molar-refractivity contribution in [3.05, 3.63) is 59.7 Å². The van der Waals surface area contributed by atoms with Crippen LogP contribution in [0.4, 0.5) is 18.0 Å². The van der Waals surface area contributed by atoms with E-state index in [2.05, 4.69) is 10.6 Å². The Labute approximate surface area is 173 Å². The van der Waals surface area contributed by atoms with Gasteiger partial charge in [-0.15, -0.1) is 0 Å². The molecule has 4 nitrogen and oxygen atoms in total. The zero-order chi connectivity index (χ0) is 21.3. The van der Waals surface area contributed by atoms with E-state index >= 15 is 0 Å². The highest BCUT2D eigenvalue weighted by atomic mass is 19.4. The Balaban J connectivity index is 1.31. The molecule has 0 radical (unpaired) electrons. The van der Waals surface area contributed by atoms with Gasteiger partial charge in [-0.3, -0.25) is 0 Å². The summed E-state index contributed by atoms with van der Waals surface area (Å²) in [6.45, 7) is 0. The van der Waals surface area contributed by atoms with Crippen molar-refractivity contribution in [2.45, 2.75) is 62.3 Å². The maximum absolute atomic E-state index is 12.9. The van der Waals surface area contributed by atoms with Crippen molar-refractivity contribution in [3.63, 3.8) is 0 Å². The molecule has 0 heterocycles. The van der Waals surface area contributed by atoms with E-state index in [4.69, 9.17) is 5.11 Å². The summed E-state index contributed by atoms with van der Waals surface area (Å²) in [4.78, 5) is 10.7. The number of rotatable bonds is 5. The van der Waals surface area contributed by atoms with Crippen LogP contribution in [0.1, 0.15) is 49.1 Å². The van der Waals surface area contributed by atoms with Crippen LogP contribution in [0.2, 0.25) is 0 Å². The first kappa shape index (κ1) is 20.7. The lowest BCUT2D eigenvalue weighted by Gasteiger charge is -2.29. The molecule has 2 aliphatic rings. The Morgan fingerprint density at radius 1 is 0.933 bits per heavy atom. The average Bonchev–Trinajstić information content (AvgIpc) is 3.48. The Bertz CT molecular complexity index is 890. The normalized spacial score (nSPS) is 26.2. The fraction of sp³-hybridized carbons (Fsp3) is 0.435. The third-order valence-corrected chi connectivity index (χ3v) is 6.16. The van der Waals surface area contributed by atoms with E-state index in [0.29, 0.717) is 23.6 Å². The third-order valence-electron chi connectivity index (χ3n) is 6.16. The van der Waals surface area contributed by atoms with E-state index in [0.717, 1.165) is 43.7 Å². The van der Waals surface area contributed by atoms with Gasteiger partial charge in [0.1, 0.15) is 0 Å². The molecule has 7 heteroatoms. The number of hydrogen-bond donors (Lipinski definition) is 3. The molecule has 30 heavy (non-hydrogen) atoms. The SMILES string of the molecule is O=C(O)NC1CCC(N[C@@H]2C[C@H]2c2ccc(-c3cccc(C(F)(F)F)c3)cc2)CC1. The van der Waals surface area contributed by atoms with Crippen LogP contribution < -0.4 is 10.6 Å². The highest BCUT2D eigenvalue weighted by Gasteiger charge is 2.40. The van der Waals surface area contributed by atoms with Crippen molar-refractivity contribution in [1.29, 1.82) is 0 Å². The highest BCUT2D eigenvalue weighted by molar-refractivity contribution is 5.65. The van der Waals surface area contributed by atoms with Crippen molar-refractivity contribution in [3.8, 4) is 11.1 Å². The topological polar surface area (TPSA) is 61.4 Å². The molecule has 3 N–H and O–H groups in total. The van der Waals surface area contributed by atoms with Crippen molar-refractivity contribution >= 4 is 6.09 Å². The summed E-state index contributed by atoms with van der Waals surface area (Å²) < 4.78 is 38.8. The van der Waals surface area contributed by atoms with Crippen LogP contribution in [-0.4, -0.2) is 29.3 Å². The minimum atomic E-state index is -4.34. The van der Waals surface area contributed by atoms with E-state index in [-0.39, 0.29) is 6.04 Å². The molecule has 0 saturated heterocycles. The predicted molar refractivity (Wildman–Crippen MR) is 108 cm³/mol. The summed E-state index contributed by atoms with van der Waals surface area (Å²) in [6, 6.07) is 14.1. The quantitative estimate of drug-likeness (QED) is 0.610. The van der Waals surface area contributed by atoms with Crippen molar-refractivity contribution < 1.29 is 23.1 Å². The van der Waals surface area contributed by atoms with Crippen molar-refractivity contribution in [1.82, 2.24) is 10.6 Å². The lowest BCUT2D eigenvalue weighted by molar-refractivity contribution is -0.137. The third kappa shape index (κ3) is 4.95. The average molecular weight is 418 g/mol. The van der Waals surface area contributed by atoms with Gasteiger partial charge in [0.25, 0.3) is 0 Å². The molecule has 4 rings (SSSR count). The second kappa shape index (κ2) is 8.30. The van der Waals surface area contributed by atoms with Gasteiger partial charge in [0.05, 0.1) is 5.56 Å². The van der Waals surface area contributed by atoms with E-state index < -0.39 is 17.8 Å². The minimum absolute atomic E-state index is 0.0546. The molecule has 2 fully saturated rings. The molecule has 0 spiro atoms. The summed E-state index contributed by atoms with van der Waals surface area (Å²) in [7, 11) is 0. The first-order chi connectivity index (χ1) is 14.3. The van der Waals surface area contributed by atoms with Crippen LogP contribution in [-0.2, 0) is 6.18 Å². The summed E-state index contributed by atoms with van der Waals surface area (Å²) in [5.41, 5.74) is 1.90. The molecule has 0 aliphatic heterocycles. The van der Waals surface area contributed by atoms with Gasteiger partial charge < -0.3 is 15.7 Å². The second-order valence-electron chi connectivity index (χ2n) is 8.31. The largest absolute Gasteiger partial charge is 0.465 e. The maximum atomic E-state index is 12.9. The molecule has 2 aromatic carbocycles. The zero-order valence-electron chi connectivity index (χ0n) is 16.5. The molecule has 1 amide bonds. The number of nitrogens with one attached hydrogen (secondary N) is 2. The zero-order valence-corrected chi connectivity index (χ0v) is 16.5. The summed E-state index contributed by atoms with van der Waals surface area (Å²) in [5.74, 6) is 0.426. The van der Waals surface area contributed by atoms with E-state index in [9.17, 15) is 18.0 Å². The first-order valence-corrected chi connectivity index (χ1v) is 10.3. The van der Waals surface area contributed by atoms with Gasteiger partial charge in [-0.25, -0.2) is 4.79 Å². The van der Waals surface area contributed by atoms with Crippen molar-refractivity contribution in [2.75, 3.05) is 0 Å². The van der Waals surface area contributed by atoms with Crippen molar-refractivity contribution in [2.24, 2.45) is 0 Å². The van der Waals surface area contributed by atoms with Gasteiger partial charge in [-0.2, -0.15) is 13.2 Å². The lowest BCUT2D eigenvalue weighted by Crippen LogP contribution is -2.42. The molecule has 0 unspecified atom stereocenters. The highest BCUT2D eigenvalue weighted by Crippen LogP contribution is 2.42. The number of carboxylic acid groups (broad SMARTS) is 1. The van der Waals surface area contributed by atoms with Crippen LogP contribution in [0.15, 0.2) is 48.5 Å². The fourth-order valence-corrected chi connectivity index (χ4v) is 4.43. The van der Waals surface area contributed by atoms with E-state index in [1.807, 2.05) is 24.3 Å². The Hall–Kier alpha value is -2.54. The summed E-state index contributed by atoms with van der Waals surface area (Å²) in [6.07, 6.45) is -0.616. The number of alkyl halides is 3. The molecular formula is C23H25F3N2O2. The molecular weight excluding hydrogens is 393 g/mol. The summed E-state index contributed by atoms with van der Waals surface area (Å²) in [5, 5.41) is 15.1. The number of benzene rings is 2. The standard InChI is InChI=1S/C23H25F3N2O2/c24-23(25,26)17-3-1-2-16(12-17)14-4-6-15(7-5-14)20-13-21(20)27-18-8-10-19(11-9-18)28-22(29)30/h1-7,12,18-21,27-28H,8-11,13H2,(H,29,30)/t18?,19?,20-,21+/m0/s1. The Kier molecular flexibility index (Phi) is 5.73. The number of halogens is 3. The van der Waals surface area contributed by atoms with Crippen LogP contribution >= 0.6 is 0 Å². The molecule has 2 aromatic rings. The van der Waals surface area contributed by atoms with Gasteiger partial charge in [-0.05, 0) is 60.9 Å². The maximum Gasteiger partial charge on any atom is 0.416 e. The van der Waals surface area contributed by atoms with Crippen LogP contribution in [0, 0.1) is 0 Å². The van der Waals surface area contributed by atoms with Gasteiger partial charge in [-0.1, -0.05) is 36.4 Å². The van der Waals surface area contributed by atoms with E-state index in [1.165, 1.54) is 17.7 Å². The number of amides is 1. The fourth-order valence-electron chi connectivity index (χ4n) is 4.43. The number of carbonyl (C=O) groups is 1. The minimum Gasteiger partial charge on any atom is -0.465 e. The molecule has 160 valence electrons. The second-order valence-corrected chi connectivity index (χ2v) is 8.31. The molecule has 2 aliphatic carbocycles. The lowest BCUT2D eigenvalue weighted by atomic mass is 9.91. The van der Waals surface area contributed by atoms with E-state index in [1.54, 1.807) is 6.07 Å². The van der Waals surface area contributed by atoms with Gasteiger partial charge in [0, 0.05) is 24.0 Å². The number of hydrogen-bond acceptors (Lipinski definition) is 2. The van der Waals surface area contributed by atoms with Gasteiger partial charge in [0.15, 0.2) is 0 Å². The Morgan fingerprint density at radius 2 is 1.60 bits per heavy atom. The Morgan fingerprint density at radius 3 is 2.23 bits per heavy atom. The molecule has 0 bridgehead atoms. The monoisotopic (exact) mass is 418 g/mol. The summed E-state index contributed by atoms with van der Waals surface area (Å²) >= 11 is 0. The molecule has 0 aromatic heterocycles. The van der Waals surface area contributed by atoms with Gasteiger partial charge >= 0.3 is 12.3 Å². The van der Waals surface area contributed by atoms with Crippen LogP contribution in [0.5, 0.6) is 0 Å². The molecule has 2 atom stereocenters. The van der Waals surface area contributed by atoms with Crippen LogP contribution in [0.3, 0.4) is 0 Å². The molecule has 2 saturated carbocycles.